The average molecular weight is 284 g/mol. The van der Waals surface area contributed by atoms with Crippen molar-refractivity contribution in [1.29, 1.82) is 0 Å². The van der Waals surface area contributed by atoms with Gasteiger partial charge in [-0.25, -0.2) is 0 Å². The molecule has 0 N–H and O–H groups in total. The second-order valence-electron chi connectivity index (χ2n) is 5.19. The molecule has 104 valence electrons. The molecule has 2 aromatic carbocycles. The van der Waals surface area contributed by atoms with Crippen molar-refractivity contribution in [2.75, 3.05) is 5.75 Å². The molecule has 0 aliphatic rings. The average Bonchev–Trinajstić information content (AvgIpc) is 2.41. The van der Waals surface area contributed by atoms with Crippen LogP contribution in [0.1, 0.15) is 22.3 Å². The third-order valence-electron chi connectivity index (χ3n) is 3.41. The van der Waals surface area contributed by atoms with Crippen LogP contribution in [0.15, 0.2) is 47.4 Å². The molecule has 20 heavy (non-hydrogen) atoms. The predicted octanol–water partition coefficient (Wildman–Crippen LogP) is 4.52. The molecule has 2 rings (SSSR count). The van der Waals surface area contributed by atoms with Crippen LogP contribution < -0.4 is 0 Å². The molecular weight excluding hydrogens is 264 g/mol. The van der Waals surface area contributed by atoms with Gasteiger partial charge in [-0.3, -0.25) is 4.79 Å². The molecule has 0 saturated heterocycles. The first-order chi connectivity index (χ1) is 9.56. The molecular formula is C18H20OS. The van der Waals surface area contributed by atoms with E-state index < -0.39 is 0 Å². The van der Waals surface area contributed by atoms with Gasteiger partial charge >= 0.3 is 0 Å². The maximum Gasteiger partial charge on any atom is 0.147 e. The minimum absolute atomic E-state index is 0.286. The number of hydrogen-bond donors (Lipinski definition) is 0. The molecule has 1 nitrogen and oxygen atoms in total. The minimum atomic E-state index is 0.286. The van der Waals surface area contributed by atoms with Crippen LogP contribution in [0.4, 0.5) is 0 Å². The molecule has 0 saturated carbocycles. The topological polar surface area (TPSA) is 17.1 Å². The Bertz CT molecular complexity index is 596. The summed E-state index contributed by atoms with van der Waals surface area (Å²) in [6.45, 7) is 6.22. The summed E-state index contributed by atoms with van der Waals surface area (Å²) >= 11 is 1.62. The minimum Gasteiger partial charge on any atom is -0.298 e. The van der Waals surface area contributed by atoms with Crippen LogP contribution >= 0.6 is 11.8 Å². The van der Waals surface area contributed by atoms with Crippen molar-refractivity contribution in [1.82, 2.24) is 0 Å². The van der Waals surface area contributed by atoms with Crippen LogP contribution in [0, 0.1) is 20.8 Å². The zero-order valence-corrected chi connectivity index (χ0v) is 13.1. The summed E-state index contributed by atoms with van der Waals surface area (Å²) in [5.74, 6) is 0.825. The lowest BCUT2D eigenvalue weighted by molar-refractivity contribution is -0.116. The fourth-order valence-electron chi connectivity index (χ4n) is 2.24. The number of thioether (sulfide) groups is 1. The monoisotopic (exact) mass is 284 g/mol. The van der Waals surface area contributed by atoms with Crippen molar-refractivity contribution in [3.8, 4) is 0 Å². The van der Waals surface area contributed by atoms with Crippen LogP contribution in [0.25, 0.3) is 0 Å². The van der Waals surface area contributed by atoms with Crippen LogP contribution in [0.2, 0.25) is 0 Å². The first kappa shape index (κ1) is 14.9. The highest BCUT2D eigenvalue weighted by atomic mass is 32.2. The van der Waals surface area contributed by atoms with Crippen LogP contribution in [-0.2, 0) is 11.2 Å². The second-order valence-corrected chi connectivity index (χ2v) is 6.24. The van der Waals surface area contributed by atoms with Crippen molar-refractivity contribution in [3.05, 3.63) is 64.7 Å². The van der Waals surface area contributed by atoms with E-state index >= 15 is 0 Å². The Morgan fingerprint density at radius 2 is 1.65 bits per heavy atom. The van der Waals surface area contributed by atoms with Crippen LogP contribution in [-0.4, -0.2) is 11.5 Å². The second kappa shape index (κ2) is 6.76. The Hall–Kier alpha value is -1.54. The molecule has 0 unspecified atom stereocenters. The fraction of sp³-hybridized carbons (Fsp3) is 0.278. The Balaban J connectivity index is 1.96. The number of carbonyl (C=O) groups is 1. The van der Waals surface area contributed by atoms with E-state index in [0.717, 1.165) is 0 Å². The molecule has 0 aliphatic heterocycles. The number of aryl methyl sites for hydroxylation is 3. The number of ketones is 1. The van der Waals surface area contributed by atoms with E-state index in [9.17, 15) is 4.79 Å². The highest BCUT2D eigenvalue weighted by molar-refractivity contribution is 8.00. The summed E-state index contributed by atoms with van der Waals surface area (Å²) in [7, 11) is 0. The lowest BCUT2D eigenvalue weighted by Gasteiger charge is -2.09. The van der Waals surface area contributed by atoms with Crippen molar-refractivity contribution >= 4 is 17.5 Å². The molecule has 0 radical (unpaired) electrons. The normalized spacial score (nSPS) is 10.6. The lowest BCUT2D eigenvalue weighted by Crippen LogP contribution is -2.08. The molecule has 0 aliphatic carbocycles. The number of hydrogen-bond acceptors (Lipinski definition) is 2. The fourth-order valence-corrected chi connectivity index (χ4v) is 3.12. The van der Waals surface area contributed by atoms with Gasteiger partial charge in [0.05, 0.1) is 5.75 Å². The molecule has 0 heterocycles. The molecule has 2 heteroatoms. The summed E-state index contributed by atoms with van der Waals surface area (Å²) in [5, 5.41) is 0. The Kier molecular flexibility index (Phi) is 5.02. The van der Waals surface area contributed by atoms with Gasteiger partial charge < -0.3 is 0 Å². The predicted molar refractivity (Wildman–Crippen MR) is 86.5 cm³/mol. The third kappa shape index (κ3) is 3.97. The van der Waals surface area contributed by atoms with Crippen molar-refractivity contribution in [3.63, 3.8) is 0 Å². The van der Waals surface area contributed by atoms with Gasteiger partial charge in [0.2, 0.25) is 0 Å². The first-order valence-electron chi connectivity index (χ1n) is 6.82. The van der Waals surface area contributed by atoms with Gasteiger partial charge in [-0.15, -0.1) is 11.8 Å². The van der Waals surface area contributed by atoms with Crippen molar-refractivity contribution in [2.24, 2.45) is 0 Å². The van der Waals surface area contributed by atoms with E-state index in [4.69, 9.17) is 0 Å². The van der Waals surface area contributed by atoms with Gasteiger partial charge in [0.15, 0.2) is 0 Å². The number of Topliss-reactive ketones (excluding diaryl/α,β-unsaturated/α-hetero) is 1. The van der Waals surface area contributed by atoms with Gasteiger partial charge in [-0.2, -0.15) is 0 Å². The number of benzene rings is 2. The molecule has 0 amide bonds. The van der Waals surface area contributed by atoms with Gasteiger partial charge in [-0.1, -0.05) is 35.9 Å². The third-order valence-corrected chi connectivity index (χ3v) is 4.46. The Morgan fingerprint density at radius 3 is 2.30 bits per heavy atom. The molecule has 0 fully saturated rings. The largest absolute Gasteiger partial charge is 0.298 e. The number of rotatable bonds is 5. The van der Waals surface area contributed by atoms with Gasteiger partial charge in [0.1, 0.15) is 5.78 Å². The number of carbonyl (C=O) groups excluding carboxylic acids is 1. The van der Waals surface area contributed by atoms with Gasteiger partial charge in [0.25, 0.3) is 0 Å². The summed E-state index contributed by atoms with van der Waals surface area (Å²) < 4.78 is 0. The van der Waals surface area contributed by atoms with E-state index in [-0.39, 0.29) is 5.78 Å². The Morgan fingerprint density at radius 1 is 1.00 bits per heavy atom. The SMILES string of the molecule is Cc1cccc(SCC(=O)Cc2c(C)cccc2C)c1. The zero-order chi connectivity index (χ0) is 14.5. The van der Waals surface area contributed by atoms with Gasteiger partial charge in [0, 0.05) is 11.3 Å². The van der Waals surface area contributed by atoms with E-state index in [2.05, 4.69) is 51.1 Å². The smallest absolute Gasteiger partial charge is 0.147 e. The molecule has 0 aromatic heterocycles. The van der Waals surface area contributed by atoms with Crippen LogP contribution in [0.5, 0.6) is 0 Å². The molecule has 2 aromatic rings. The van der Waals surface area contributed by atoms with Crippen molar-refractivity contribution < 1.29 is 4.79 Å². The first-order valence-corrected chi connectivity index (χ1v) is 7.81. The Labute approximate surface area is 125 Å². The standard InChI is InChI=1S/C18H20OS/c1-13-6-4-9-17(10-13)20-12-16(19)11-18-14(2)7-5-8-15(18)3/h4-10H,11-12H2,1-3H3. The van der Waals surface area contributed by atoms with E-state index in [1.807, 2.05) is 12.1 Å². The lowest BCUT2D eigenvalue weighted by atomic mass is 9.99. The van der Waals surface area contributed by atoms with Crippen LogP contribution in [0.3, 0.4) is 0 Å². The maximum atomic E-state index is 12.2. The summed E-state index contributed by atoms with van der Waals surface area (Å²) in [5.41, 5.74) is 4.83. The summed E-state index contributed by atoms with van der Waals surface area (Å²) in [4.78, 5) is 13.3. The molecule has 0 spiro atoms. The highest BCUT2D eigenvalue weighted by Crippen LogP contribution is 2.20. The maximum absolute atomic E-state index is 12.2. The quantitative estimate of drug-likeness (QED) is 0.751. The van der Waals surface area contributed by atoms with E-state index in [1.165, 1.54) is 27.1 Å². The van der Waals surface area contributed by atoms with Gasteiger partial charge in [-0.05, 0) is 49.6 Å². The summed E-state index contributed by atoms with van der Waals surface area (Å²) in [6, 6.07) is 14.5. The summed E-state index contributed by atoms with van der Waals surface area (Å²) in [6.07, 6.45) is 0.539. The van der Waals surface area contributed by atoms with E-state index in [1.54, 1.807) is 11.8 Å². The molecule has 0 atom stereocenters. The molecule has 0 bridgehead atoms. The van der Waals surface area contributed by atoms with E-state index in [0.29, 0.717) is 12.2 Å². The zero-order valence-electron chi connectivity index (χ0n) is 12.3. The van der Waals surface area contributed by atoms with Crippen molar-refractivity contribution in [2.45, 2.75) is 32.1 Å². The highest BCUT2D eigenvalue weighted by Gasteiger charge is 2.09.